The number of rotatable bonds is 9. The van der Waals surface area contributed by atoms with Crippen molar-refractivity contribution in [3.05, 3.63) is 29.3 Å². The Morgan fingerprint density at radius 2 is 1.96 bits per heavy atom. The molecule has 26 heavy (non-hydrogen) atoms. The maximum absolute atomic E-state index is 11.7. The fraction of sp³-hybridized carbons (Fsp3) is 0.556. The molecule has 0 aromatic heterocycles. The van der Waals surface area contributed by atoms with E-state index in [2.05, 4.69) is 29.5 Å². The van der Waals surface area contributed by atoms with Crippen molar-refractivity contribution in [2.24, 2.45) is 4.99 Å². The second kappa shape index (κ2) is 13.9. The number of ether oxygens (including phenoxy) is 1. The van der Waals surface area contributed by atoms with E-state index in [4.69, 9.17) is 16.3 Å². The van der Waals surface area contributed by atoms with Crippen LogP contribution in [0.5, 0.6) is 5.75 Å². The highest BCUT2D eigenvalue weighted by Gasteiger charge is 2.12. The van der Waals surface area contributed by atoms with Crippen LogP contribution in [0.3, 0.4) is 0 Å². The first-order valence-electron chi connectivity index (χ1n) is 8.61. The molecule has 0 saturated heterocycles. The first kappa shape index (κ1) is 24.8. The van der Waals surface area contributed by atoms with Crippen LogP contribution in [0.25, 0.3) is 0 Å². The van der Waals surface area contributed by atoms with Gasteiger partial charge in [-0.25, -0.2) is 4.99 Å². The molecule has 0 spiro atoms. The van der Waals surface area contributed by atoms with Crippen LogP contribution in [0, 0.1) is 0 Å². The molecule has 148 valence electrons. The summed E-state index contributed by atoms with van der Waals surface area (Å²) in [5.41, 5.74) is 0. The number of para-hydroxylation sites is 1. The van der Waals surface area contributed by atoms with Crippen LogP contribution in [0.4, 0.5) is 0 Å². The van der Waals surface area contributed by atoms with Gasteiger partial charge in [-0.2, -0.15) is 0 Å². The van der Waals surface area contributed by atoms with Gasteiger partial charge in [-0.3, -0.25) is 4.79 Å². The summed E-state index contributed by atoms with van der Waals surface area (Å²) in [6.45, 7) is 5.58. The fourth-order valence-electron chi connectivity index (χ4n) is 1.91. The van der Waals surface area contributed by atoms with E-state index in [-0.39, 0.29) is 42.5 Å². The third-order valence-electron chi connectivity index (χ3n) is 3.50. The molecule has 0 bridgehead atoms. The summed E-state index contributed by atoms with van der Waals surface area (Å²) in [6.07, 6.45) is 1.73. The number of amides is 1. The molecule has 0 radical (unpaired) electrons. The van der Waals surface area contributed by atoms with E-state index in [0.717, 1.165) is 19.4 Å². The summed E-state index contributed by atoms with van der Waals surface area (Å²) < 4.78 is 5.96. The summed E-state index contributed by atoms with van der Waals surface area (Å²) >= 11 is 6.15. The van der Waals surface area contributed by atoms with Gasteiger partial charge in [0.05, 0.1) is 11.6 Å². The lowest BCUT2D eigenvalue weighted by molar-refractivity contribution is -0.127. The largest absolute Gasteiger partial charge is 0.487 e. The highest BCUT2D eigenvalue weighted by molar-refractivity contribution is 14.0. The molecule has 6 nitrogen and oxygen atoms in total. The molecule has 0 aliphatic carbocycles. The Kier molecular flexibility index (Phi) is 13.3. The minimum absolute atomic E-state index is 0. The molecule has 1 aromatic rings. The molecule has 0 heterocycles. The van der Waals surface area contributed by atoms with Crippen LogP contribution in [0.2, 0.25) is 5.02 Å². The van der Waals surface area contributed by atoms with Gasteiger partial charge in [-0.15, -0.1) is 24.0 Å². The number of carbonyl (C=O) groups excluding carboxylic acids is 1. The molecule has 8 heteroatoms. The first-order valence-corrected chi connectivity index (χ1v) is 8.99. The number of nitrogens with one attached hydrogen (secondary N) is 2. The van der Waals surface area contributed by atoms with Crippen LogP contribution in [-0.2, 0) is 4.79 Å². The van der Waals surface area contributed by atoms with Crippen molar-refractivity contribution in [3.63, 3.8) is 0 Å². The Morgan fingerprint density at radius 3 is 2.54 bits per heavy atom. The first-order chi connectivity index (χ1) is 12.0. The van der Waals surface area contributed by atoms with Gasteiger partial charge in [0.1, 0.15) is 18.4 Å². The molecule has 1 amide bonds. The van der Waals surface area contributed by atoms with E-state index in [1.807, 2.05) is 18.2 Å². The fourth-order valence-corrected chi connectivity index (χ4v) is 2.09. The molecule has 0 aliphatic heterocycles. The third-order valence-corrected chi connectivity index (χ3v) is 3.81. The van der Waals surface area contributed by atoms with Gasteiger partial charge in [0.2, 0.25) is 5.91 Å². The van der Waals surface area contributed by atoms with E-state index in [9.17, 15) is 4.79 Å². The molecular formula is C18H30ClIN4O2. The van der Waals surface area contributed by atoms with Crippen LogP contribution < -0.4 is 15.4 Å². The summed E-state index contributed by atoms with van der Waals surface area (Å²) in [4.78, 5) is 17.6. The van der Waals surface area contributed by atoms with Crippen LogP contribution in [0.1, 0.15) is 26.7 Å². The minimum atomic E-state index is -0.0573. The van der Waals surface area contributed by atoms with Crippen molar-refractivity contribution in [3.8, 4) is 5.75 Å². The standard InChI is InChI=1S/C18H29ClN4O2.HI/c1-5-11-20-18(22-13-17(24)23(3)4)21-12-14(6-2)25-16-10-8-7-9-15(16)19;/h7-10,14H,5-6,11-13H2,1-4H3,(H2,20,21,22);1H. The number of hydrogen-bond acceptors (Lipinski definition) is 3. The zero-order valence-corrected chi connectivity index (χ0v) is 19.0. The van der Waals surface area contributed by atoms with Crippen LogP contribution in [0.15, 0.2) is 29.3 Å². The molecular weight excluding hydrogens is 467 g/mol. The van der Waals surface area contributed by atoms with E-state index < -0.39 is 0 Å². The van der Waals surface area contributed by atoms with E-state index in [0.29, 0.717) is 23.3 Å². The van der Waals surface area contributed by atoms with Crippen molar-refractivity contribution in [1.82, 2.24) is 15.5 Å². The molecule has 2 N–H and O–H groups in total. The normalized spacial score (nSPS) is 12.0. The Hall–Kier alpha value is -1.22. The number of halogens is 2. The van der Waals surface area contributed by atoms with Gasteiger partial charge in [0.25, 0.3) is 0 Å². The summed E-state index contributed by atoms with van der Waals surface area (Å²) in [6, 6.07) is 7.42. The van der Waals surface area contributed by atoms with Gasteiger partial charge in [0, 0.05) is 20.6 Å². The van der Waals surface area contributed by atoms with Crippen molar-refractivity contribution in [1.29, 1.82) is 0 Å². The highest BCUT2D eigenvalue weighted by Crippen LogP contribution is 2.24. The molecule has 0 saturated carbocycles. The maximum atomic E-state index is 11.7. The van der Waals surface area contributed by atoms with Gasteiger partial charge in [-0.05, 0) is 25.0 Å². The summed E-state index contributed by atoms with van der Waals surface area (Å²) in [5.74, 6) is 1.23. The second-order valence-electron chi connectivity index (χ2n) is 5.84. The molecule has 1 atom stereocenters. The Bertz CT molecular complexity index is 570. The van der Waals surface area contributed by atoms with Crippen molar-refractivity contribution >= 4 is 47.4 Å². The number of guanidine groups is 1. The van der Waals surface area contributed by atoms with Gasteiger partial charge in [-0.1, -0.05) is 37.6 Å². The van der Waals surface area contributed by atoms with Gasteiger partial charge >= 0.3 is 0 Å². The molecule has 1 aromatic carbocycles. The van der Waals surface area contributed by atoms with Crippen molar-refractivity contribution < 1.29 is 9.53 Å². The predicted octanol–water partition coefficient (Wildman–Crippen LogP) is 3.15. The SMILES string of the molecule is CCCNC(=NCC(=O)N(C)C)NCC(CC)Oc1ccccc1Cl.I. The smallest absolute Gasteiger partial charge is 0.243 e. The lowest BCUT2D eigenvalue weighted by Gasteiger charge is -2.20. The monoisotopic (exact) mass is 496 g/mol. The van der Waals surface area contributed by atoms with E-state index >= 15 is 0 Å². The average Bonchev–Trinajstić information content (AvgIpc) is 2.60. The number of benzene rings is 1. The number of likely N-dealkylation sites (N-methyl/N-ethyl adjacent to an activating group) is 1. The Morgan fingerprint density at radius 1 is 1.27 bits per heavy atom. The molecule has 1 unspecified atom stereocenters. The lowest BCUT2D eigenvalue weighted by atomic mass is 10.2. The molecule has 1 rings (SSSR count). The number of aliphatic imine (C=N–C) groups is 1. The number of nitrogens with zero attached hydrogens (tertiary/aromatic N) is 2. The minimum Gasteiger partial charge on any atom is -0.487 e. The Labute approximate surface area is 178 Å². The number of hydrogen-bond donors (Lipinski definition) is 2. The van der Waals surface area contributed by atoms with E-state index in [1.54, 1.807) is 20.2 Å². The topological polar surface area (TPSA) is 66.0 Å². The highest BCUT2D eigenvalue weighted by atomic mass is 127. The zero-order valence-electron chi connectivity index (χ0n) is 15.9. The molecule has 0 fully saturated rings. The summed E-state index contributed by atoms with van der Waals surface area (Å²) in [7, 11) is 3.43. The average molecular weight is 497 g/mol. The predicted molar refractivity (Wildman–Crippen MR) is 119 cm³/mol. The van der Waals surface area contributed by atoms with Gasteiger partial charge in [0.15, 0.2) is 5.96 Å². The van der Waals surface area contributed by atoms with E-state index in [1.165, 1.54) is 4.90 Å². The summed E-state index contributed by atoms with van der Waals surface area (Å²) in [5, 5.41) is 7.04. The lowest BCUT2D eigenvalue weighted by Crippen LogP contribution is -2.43. The van der Waals surface area contributed by atoms with Crippen molar-refractivity contribution in [2.45, 2.75) is 32.8 Å². The third kappa shape index (κ3) is 9.47. The van der Waals surface area contributed by atoms with Crippen molar-refractivity contribution in [2.75, 3.05) is 33.7 Å². The second-order valence-corrected chi connectivity index (χ2v) is 6.25. The number of carbonyl (C=O) groups is 1. The maximum Gasteiger partial charge on any atom is 0.243 e. The van der Waals surface area contributed by atoms with Gasteiger partial charge < -0.3 is 20.3 Å². The zero-order chi connectivity index (χ0) is 18.7. The molecule has 0 aliphatic rings. The van der Waals surface area contributed by atoms with Crippen LogP contribution in [-0.4, -0.2) is 56.6 Å². The Balaban J connectivity index is 0.00000625. The quantitative estimate of drug-likeness (QED) is 0.313. The van der Waals surface area contributed by atoms with Crippen LogP contribution >= 0.6 is 35.6 Å².